The van der Waals surface area contributed by atoms with Gasteiger partial charge in [-0.2, -0.15) is 0 Å². The van der Waals surface area contributed by atoms with Gasteiger partial charge in [0, 0.05) is 26.0 Å². The minimum absolute atomic E-state index is 0.141. The van der Waals surface area contributed by atoms with Crippen molar-refractivity contribution in [2.75, 3.05) is 30.6 Å². The van der Waals surface area contributed by atoms with E-state index in [2.05, 4.69) is 31.5 Å². The molecule has 4 aromatic rings. The summed E-state index contributed by atoms with van der Waals surface area (Å²) in [7, 11) is 3.01. The molecule has 0 aliphatic rings. The third kappa shape index (κ3) is 6.45. The minimum Gasteiger partial charge on any atom is -0.496 e. The Labute approximate surface area is 225 Å². The van der Waals surface area contributed by atoms with Crippen LogP contribution in [0.25, 0.3) is 11.3 Å². The molecule has 4 rings (SSSR count). The lowest BCUT2D eigenvalue weighted by atomic mass is 10.1. The quantitative estimate of drug-likeness (QED) is 0.216. The average Bonchev–Trinajstić information content (AvgIpc) is 3.36. The second kappa shape index (κ2) is 12.1. The van der Waals surface area contributed by atoms with Crippen LogP contribution in [-0.4, -0.2) is 36.8 Å². The Bertz CT molecular complexity index is 1340. The van der Waals surface area contributed by atoms with Crippen LogP contribution < -0.4 is 20.1 Å². The van der Waals surface area contributed by atoms with Gasteiger partial charge in [0.25, 0.3) is 5.91 Å². The molecule has 0 saturated carbocycles. The Morgan fingerprint density at radius 3 is 2.25 bits per heavy atom. The van der Waals surface area contributed by atoms with Gasteiger partial charge in [-0.15, -0.1) is 23.1 Å². The highest BCUT2D eigenvalue weighted by atomic mass is 79.9. The molecule has 0 unspecified atom stereocenters. The zero-order valence-electron chi connectivity index (χ0n) is 19.4. The normalized spacial score (nSPS) is 10.5. The number of nitrogens with zero attached hydrogens (tertiary/aromatic N) is 1. The number of carbonyl (C=O) groups is 2. The van der Waals surface area contributed by atoms with Crippen LogP contribution in [0.1, 0.15) is 10.4 Å². The van der Waals surface area contributed by atoms with Gasteiger partial charge in [0.15, 0.2) is 5.13 Å². The van der Waals surface area contributed by atoms with Gasteiger partial charge in [-0.25, -0.2) is 4.98 Å². The molecular weight excluding hydrogens is 562 g/mol. The van der Waals surface area contributed by atoms with E-state index < -0.39 is 0 Å². The fraction of sp³-hybridized carbons (Fsp3) is 0.115. The van der Waals surface area contributed by atoms with Crippen LogP contribution in [0.4, 0.5) is 10.8 Å². The maximum atomic E-state index is 12.8. The van der Waals surface area contributed by atoms with Crippen LogP contribution in [0.15, 0.2) is 81.5 Å². The second-order valence-corrected chi connectivity index (χ2v) is 10.2. The van der Waals surface area contributed by atoms with E-state index in [4.69, 9.17) is 9.47 Å². The van der Waals surface area contributed by atoms with E-state index in [0.717, 1.165) is 20.6 Å². The zero-order chi connectivity index (χ0) is 25.5. The van der Waals surface area contributed by atoms with Crippen molar-refractivity contribution in [3.8, 4) is 22.8 Å². The summed E-state index contributed by atoms with van der Waals surface area (Å²) in [5, 5.41) is 8.18. The van der Waals surface area contributed by atoms with Gasteiger partial charge < -0.3 is 20.1 Å². The van der Waals surface area contributed by atoms with Crippen molar-refractivity contribution in [3.05, 3.63) is 82.1 Å². The SMILES string of the molecule is COc1cccc(OC)c1C(=O)Nc1ccc(SCC(=O)Nc2nc(-c3ccc(Br)cc3)cs2)cc1. The lowest BCUT2D eigenvalue weighted by molar-refractivity contribution is -0.113. The number of amides is 2. The standard InChI is InChI=1S/C26H22BrN3O4S2/c1-33-21-4-3-5-22(34-2)24(21)25(32)28-18-10-12-19(13-11-18)35-15-23(31)30-26-29-20(14-36-26)16-6-8-17(27)9-7-16/h3-14H,15H2,1-2H3,(H,28,32)(H,29,30,31). The van der Waals surface area contributed by atoms with E-state index in [-0.39, 0.29) is 17.6 Å². The Morgan fingerprint density at radius 2 is 1.61 bits per heavy atom. The number of benzene rings is 3. The zero-order valence-corrected chi connectivity index (χ0v) is 22.6. The Hall–Kier alpha value is -3.34. The van der Waals surface area contributed by atoms with Gasteiger partial charge in [-0.05, 0) is 48.5 Å². The highest BCUT2D eigenvalue weighted by Gasteiger charge is 2.18. The number of thioether (sulfide) groups is 1. The highest BCUT2D eigenvalue weighted by Crippen LogP contribution is 2.30. The molecule has 2 amide bonds. The van der Waals surface area contributed by atoms with E-state index in [0.29, 0.717) is 27.9 Å². The summed E-state index contributed by atoms with van der Waals surface area (Å²) in [4.78, 5) is 30.6. The Morgan fingerprint density at radius 1 is 0.944 bits per heavy atom. The molecule has 2 N–H and O–H groups in total. The molecule has 0 radical (unpaired) electrons. The summed E-state index contributed by atoms with van der Waals surface area (Å²) >= 11 is 6.21. The number of ether oxygens (including phenoxy) is 2. The molecule has 0 fully saturated rings. The monoisotopic (exact) mass is 583 g/mol. The molecule has 36 heavy (non-hydrogen) atoms. The predicted octanol–water partition coefficient (Wildman–Crippen LogP) is 6.57. The first-order chi connectivity index (χ1) is 17.5. The van der Waals surface area contributed by atoms with E-state index in [1.54, 1.807) is 30.3 Å². The van der Waals surface area contributed by atoms with Crippen molar-refractivity contribution in [2.24, 2.45) is 0 Å². The molecule has 3 aromatic carbocycles. The first kappa shape index (κ1) is 25.7. The summed E-state index contributed by atoms with van der Waals surface area (Å²) in [6.45, 7) is 0. The molecular formula is C26H22BrN3O4S2. The van der Waals surface area contributed by atoms with Crippen LogP contribution in [0.3, 0.4) is 0 Å². The number of anilines is 2. The summed E-state index contributed by atoms with van der Waals surface area (Å²) in [6.07, 6.45) is 0. The van der Waals surface area contributed by atoms with Crippen molar-refractivity contribution >= 4 is 61.7 Å². The summed E-state index contributed by atoms with van der Waals surface area (Å²) in [6, 6.07) is 20.3. The van der Waals surface area contributed by atoms with Crippen LogP contribution >= 0.6 is 39.0 Å². The van der Waals surface area contributed by atoms with E-state index in [9.17, 15) is 9.59 Å². The third-order valence-electron chi connectivity index (χ3n) is 5.03. The fourth-order valence-corrected chi connectivity index (χ4v) is 4.99. The molecule has 7 nitrogen and oxygen atoms in total. The van der Waals surface area contributed by atoms with Gasteiger partial charge >= 0.3 is 0 Å². The van der Waals surface area contributed by atoms with Crippen molar-refractivity contribution in [3.63, 3.8) is 0 Å². The Balaban J connectivity index is 1.31. The van der Waals surface area contributed by atoms with Gasteiger partial charge in [-0.3, -0.25) is 9.59 Å². The summed E-state index contributed by atoms with van der Waals surface area (Å²) in [5.74, 6) is 0.605. The van der Waals surface area contributed by atoms with Crippen LogP contribution in [0, 0.1) is 0 Å². The number of hydrogen-bond donors (Lipinski definition) is 2. The van der Waals surface area contributed by atoms with E-state index in [1.165, 1.54) is 37.3 Å². The van der Waals surface area contributed by atoms with Crippen molar-refractivity contribution in [1.82, 2.24) is 4.98 Å². The molecule has 1 aromatic heterocycles. The number of aromatic nitrogens is 1. The molecule has 0 bridgehead atoms. The number of thiazole rings is 1. The number of hydrogen-bond acceptors (Lipinski definition) is 7. The molecule has 0 aliphatic heterocycles. The number of nitrogens with one attached hydrogen (secondary N) is 2. The molecule has 10 heteroatoms. The molecule has 184 valence electrons. The van der Waals surface area contributed by atoms with Gasteiger partial charge in [0.1, 0.15) is 17.1 Å². The lowest BCUT2D eigenvalue weighted by Crippen LogP contribution is -2.14. The van der Waals surface area contributed by atoms with Crippen LogP contribution in [-0.2, 0) is 4.79 Å². The highest BCUT2D eigenvalue weighted by molar-refractivity contribution is 9.10. The topological polar surface area (TPSA) is 89.5 Å². The first-order valence-electron chi connectivity index (χ1n) is 10.7. The average molecular weight is 585 g/mol. The first-order valence-corrected chi connectivity index (χ1v) is 13.4. The summed E-state index contributed by atoms with van der Waals surface area (Å²) in [5.41, 5.74) is 2.74. The minimum atomic E-state index is -0.338. The van der Waals surface area contributed by atoms with Crippen molar-refractivity contribution in [2.45, 2.75) is 4.90 Å². The number of rotatable bonds is 9. The third-order valence-corrected chi connectivity index (χ3v) is 7.33. The maximum Gasteiger partial charge on any atom is 0.263 e. The van der Waals surface area contributed by atoms with Gasteiger partial charge in [0.2, 0.25) is 5.91 Å². The number of halogens is 1. The van der Waals surface area contributed by atoms with Crippen LogP contribution in [0.2, 0.25) is 0 Å². The number of carbonyl (C=O) groups excluding carboxylic acids is 2. The molecule has 0 atom stereocenters. The summed E-state index contributed by atoms with van der Waals surface area (Å²) < 4.78 is 11.6. The molecule has 0 aliphatic carbocycles. The van der Waals surface area contributed by atoms with E-state index in [1.807, 2.05) is 41.8 Å². The largest absolute Gasteiger partial charge is 0.496 e. The van der Waals surface area contributed by atoms with E-state index >= 15 is 0 Å². The molecule has 0 saturated heterocycles. The second-order valence-electron chi connectivity index (χ2n) is 7.40. The molecule has 1 heterocycles. The molecule has 0 spiro atoms. The fourth-order valence-electron chi connectivity index (χ4n) is 3.29. The smallest absolute Gasteiger partial charge is 0.263 e. The van der Waals surface area contributed by atoms with Gasteiger partial charge in [0.05, 0.1) is 25.7 Å². The number of methoxy groups -OCH3 is 2. The van der Waals surface area contributed by atoms with Crippen molar-refractivity contribution < 1.29 is 19.1 Å². The van der Waals surface area contributed by atoms with Gasteiger partial charge in [-0.1, -0.05) is 34.1 Å². The Kier molecular flexibility index (Phi) is 8.63. The predicted molar refractivity (Wildman–Crippen MR) is 149 cm³/mol. The van der Waals surface area contributed by atoms with Crippen molar-refractivity contribution in [1.29, 1.82) is 0 Å². The lowest BCUT2D eigenvalue weighted by Gasteiger charge is -2.13. The maximum absolute atomic E-state index is 12.8. The van der Waals surface area contributed by atoms with Crippen LogP contribution in [0.5, 0.6) is 11.5 Å².